The minimum atomic E-state index is -0.913. The number of aliphatic hydroxyl groups excluding tert-OH is 2. The van der Waals surface area contributed by atoms with Crippen molar-refractivity contribution in [3.8, 4) is 0 Å². The molecule has 0 heterocycles. The number of carboxylic acid groups (broad SMARTS) is 1. The molecule has 20 heavy (non-hydrogen) atoms. The van der Waals surface area contributed by atoms with Gasteiger partial charge in [0, 0.05) is 0 Å². The van der Waals surface area contributed by atoms with Gasteiger partial charge in [0.15, 0.2) is 0 Å². The Kier molecular flexibility index (Phi) is 27.6. The van der Waals surface area contributed by atoms with Crippen LogP contribution in [0.4, 0.5) is 0 Å². The second-order valence-electron chi connectivity index (χ2n) is 3.54. The van der Waals surface area contributed by atoms with Gasteiger partial charge >= 0.3 is 57.4 Å². The van der Waals surface area contributed by atoms with Crippen molar-refractivity contribution in [1.82, 2.24) is 0 Å². The van der Waals surface area contributed by atoms with Crippen LogP contribution in [0.25, 0.3) is 0 Å². The van der Waals surface area contributed by atoms with Crippen LogP contribution in [0, 0.1) is 11.8 Å². The number of aliphatic carboxylic acids is 1. The van der Waals surface area contributed by atoms with Crippen LogP contribution < -0.4 is 57.1 Å². The van der Waals surface area contributed by atoms with E-state index in [4.69, 9.17) is 21.1 Å². The number of hydrogen-bond donors (Lipinski definition) is 4. The molecule has 0 fully saturated rings. The zero-order valence-corrected chi connectivity index (χ0v) is 15.1. The zero-order chi connectivity index (χ0) is 14.6. The van der Waals surface area contributed by atoms with Crippen LogP contribution in [0.3, 0.4) is 0 Å². The topological polar surface area (TPSA) is 169 Å². The van der Waals surface area contributed by atoms with Gasteiger partial charge in [0.1, 0.15) is 13.6 Å². The molecule has 6 N–H and O–H groups in total. The molecule has 0 aromatic heterocycles. The van der Waals surface area contributed by atoms with Gasteiger partial charge in [-0.25, -0.2) is 0 Å². The maximum absolute atomic E-state index is 10.3. The molecule has 0 aliphatic rings. The molecule has 2 unspecified atom stereocenters. The first kappa shape index (κ1) is 28.5. The summed E-state index contributed by atoms with van der Waals surface area (Å²) < 4.78 is 8.94. The molecule has 116 valence electrons. The number of aliphatic hydroxyl groups is 2. The first-order valence-electron chi connectivity index (χ1n) is 5.26. The molecule has 0 radical (unpaired) electrons. The van der Waals surface area contributed by atoms with Crippen LogP contribution in [0.15, 0.2) is 0 Å². The standard InChI is InChI=1S/C5H11NO3.C5H10O4.K.H2O/c1-4(5(6)8)2-9-3-7;1-4(5(7)8)2-9-3-6;;/h4,7H,2-3H2,1H3,(H2,6,8);4,6H,2-3H2,1H3,(H,7,8);;1H2/q;;+1;/p-1. The minimum Gasteiger partial charge on any atom is -0.870 e. The second-order valence-corrected chi connectivity index (χ2v) is 3.54. The number of ether oxygens (including phenoxy) is 2. The Morgan fingerprint density at radius 3 is 1.65 bits per heavy atom. The summed E-state index contributed by atoms with van der Waals surface area (Å²) in [6.07, 6.45) is 0. The minimum absolute atomic E-state index is 0. The van der Waals surface area contributed by atoms with Gasteiger partial charge in [-0.3, -0.25) is 9.59 Å². The van der Waals surface area contributed by atoms with E-state index in [1.54, 1.807) is 6.92 Å². The summed E-state index contributed by atoms with van der Waals surface area (Å²) in [5.41, 5.74) is 4.88. The van der Waals surface area contributed by atoms with E-state index in [2.05, 4.69) is 9.47 Å². The Hall–Kier alpha value is 0.376. The van der Waals surface area contributed by atoms with Crippen LogP contribution >= 0.6 is 0 Å². The van der Waals surface area contributed by atoms with Gasteiger partial charge in [0.25, 0.3) is 0 Å². The van der Waals surface area contributed by atoms with Gasteiger partial charge in [-0.15, -0.1) is 0 Å². The SMILES string of the molecule is CC(COCO)C(=O)O.CC(COCO)C(N)=O.[K+].[OH-]. The third kappa shape index (κ3) is 20.7. The predicted molar refractivity (Wildman–Crippen MR) is 63.2 cm³/mol. The Balaban J connectivity index is -0.000000116. The van der Waals surface area contributed by atoms with E-state index in [9.17, 15) is 9.59 Å². The summed E-state index contributed by atoms with van der Waals surface area (Å²) in [6, 6.07) is 0. The molecule has 9 nitrogen and oxygen atoms in total. The first-order chi connectivity index (χ1) is 8.36. The van der Waals surface area contributed by atoms with Crippen molar-refractivity contribution in [2.24, 2.45) is 17.6 Å². The number of carboxylic acids is 1. The normalized spacial score (nSPS) is 11.8. The summed E-state index contributed by atoms with van der Waals surface area (Å²) in [5.74, 6) is -2.19. The van der Waals surface area contributed by atoms with E-state index in [1.165, 1.54) is 6.92 Å². The molecule has 0 saturated carbocycles. The van der Waals surface area contributed by atoms with Crippen molar-refractivity contribution in [2.75, 3.05) is 26.8 Å². The van der Waals surface area contributed by atoms with Gasteiger partial charge in [0.2, 0.25) is 5.91 Å². The number of rotatable bonds is 8. The number of primary amides is 1. The molecule has 2 atom stereocenters. The number of amides is 1. The monoisotopic (exact) mass is 323 g/mol. The summed E-state index contributed by atoms with van der Waals surface area (Å²) in [6.45, 7) is 2.61. The number of carbonyl (C=O) groups excluding carboxylic acids is 1. The predicted octanol–water partition coefficient (Wildman–Crippen LogP) is -4.43. The van der Waals surface area contributed by atoms with Crippen molar-refractivity contribution in [1.29, 1.82) is 0 Å². The second kappa shape index (κ2) is 19.4. The Morgan fingerprint density at radius 2 is 1.40 bits per heavy atom. The summed E-state index contributed by atoms with van der Waals surface area (Å²) >= 11 is 0. The fraction of sp³-hybridized carbons (Fsp3) is 0.800. The molecule has 0 aromatic carbocycles. The molecule has 0 aliphatic heterocycles. The number of hydrogen-bond acceptors (Lipinski definition) is 7. The summed E-state index contributed by atoms with van der Waals surface area (Å²) in [7, 11) is 0. The van der Waals surface area contributed by atoms with E-state index >= 15 is 0 Å². The van der Waals surface area contributed by atoms with Gasteiger partial charge < -0.3 is 36.0 Å². The van der Waals surface area contributed by atoms with Crippen molar-refractivity contribution in [3.63, 3.8) is 0 Å². The van der Waals surface area contributed by atoms with Crippen LogP contribution in [0.1, 0.15) is 13.8 Å². The molecule has 1 amide bonds. The quantitative estimate of drug-likeness (QED) is 0.256. The van der Waals surface area contributed by atoms with E-state index in [0.29, 0.717) is 0 Å². The molecule has 0 spiro atoms. The summed E-state index contributed by atoms with van der Waals surface area (Å²) in [4.78, 5) is 20.3. The molecule has 0 bridgehead atoms. The van der Waals surface area contributed by atoms with Crippen LogP contribution in [0.2, 0.25) is 0 Å². The molecular weight excluding hydrogens is 301 g/mol. The number of nitrogens with two attached hydrogens (primary N) is 1. The summed E-state index contributed by atoms with van der Waals surface area (Å²) in [5, 5.41) is 24.5. The Labute approximate surface area is 160 Å². The average molecular weight is 323 g/mol. The third-order valence-electron chi connectivity index (χ3n) is 1.83. The van der Waals surface area contributed by atoms with Crippen molar-refractivity contribution in [2.45, 2.75) is 13.8 Å². The smallest absolute Gasteiger partial charge is 0.870 e. The molecule has 0 aliphatic carbocycles. The fourth-order valence-corrected chi connectivity index (χ4v) is 0.612. The van der Waals surface area contributed by atoms with Crippen LogP contribution in [0.5, 0.6) is 0 Å². The number of carbonyl (C=O) groups is 2. The maximum atomic E-state index is 10.3. The Morgan fingerprint density at radius 1 is 1.05 bits per heavy atom. The van der Waals surface area contributed by atoms with Gasteiger partial charge in [-0.05, 0) is 6.92 Å². The molecule has 0 saturated heterocycles. The van der Waals surface area contributed by atoms with Gasteiger partial charge in [-0.2, -0.15) is 0 Å². The fourth-order valence-electron chi connectivity index (χ4n) is 0.612. The zero-order valence-electron chi connectivity index (χ0n) is 12.0. The Bertz CT molecular complexity index is 217. The van der Waals surface area contributed by atoms with E-state index in [1.807, 2.05) is 0 Å². The molecule has 10 heteroatoms. The van der Waals surface area contributed by atoms with Gasteiger partial charge in [-0.1, -0.05) is 6.92 Å². The largest absolute Gasteiger partial charge is 1.00 e. The van der Waals surface area contributed by atoms with Crippen LogP contribution in [-0.4, -0.2) is 59.5 Å². The molecule has 0 aromatic rings. The van der Waals surface area contributed by atoms with Crippen LogP contribution in [-0.2, 0) is 19.1 Å². The average Bonchev–Trinajstić information content (AvgIpc) is 2.33. The third-order valence-corrected chi connectivity index (χ3v) is 1.83. The van der Waals surface area contributed by atoms with Crippen molar-refractivity contribution < 1.29 is 91.2 Å². The van der Waals surface area contributed by atoms with Crippen molar-refractivity contribution in [3.05, 3.63) is 0 Å². The maximum Gasteiger partial charge on any atom is 1.00 e. The van der Waals surface area contributed by atoms with E-state index in [0.717, 1.165) is 0 Å². The van der Waals surface area contributed by atoms with E-state index in [-0.39, 0.29) is 82.8 Å². The molecule has 0 rings (SSSR count). The van der Waals surface area contributed by atoms with E-state index < -0.39 is 24.6 Å². The van der Waals surface area contributed by atoms with Gasteiger partial charge in [0.05, 0.1) is 25.0 Å². The first-order valence-corrected chi connectivity index (χ1v) is 5.26. The molecular formula is C10H22KNO8. The van der Waals surface area contributed by atoms with Crippen molar-refractivity contribution >= 4 is 11.9 Å².